The summed E-state index contributed by atoms with van der Waals surface area (Å²) in [5.41, 5.74) is 1.01. The van der Waals surface area contributed by atoms with E-state index in [1.807, 2.05) is 0 Å². The number of aliphatic hydroxyl groups is 1. The van der Waals surface area contributed by atoms with E-state index < -0.39 is 11.8 Å². The third kappa shape index (κ3) is 5.05. The van der Waals surface area contributed by atoms with Gasteiger partial charge >= 0.3 is 0 Å². The van der Waals surface area contributed by atoms with E-state index in [0.29, 0.717) is 34.8 Å². The van der Waals surface area contributed by atoms with Crippen LogP contribution in [-0.4, -0.2) is 44.0 Å². The van der Waals surface area contributed by atoms with E-state index in [1.54, 1.807) is 48.5 Å². The smallest absolute Gasteiger partial charge is 0.267 e. The number of rotatable bonds is 8. The number of para-hydroxylation sites is 1. The van der Waals surface area contributed by atoms with E-state index in [0.717, 1.165) is 0 Å². The second-order valence-electron chi connectivity index (χ2n) is 6.16. The van der Waals surface area contributed by atoms with Crippen LogP contribution in [0, 0.1) is 0 Å². The molecule has 0 fully saturated rings. The summed E-state index contributed by atoms with van der Waals surface area (Å²) >= 11 is 0. The second kappa shape index (κ2) is 9.61. The zero-order chi connectivity index (χ0) is 20.6. The summed E-state index contributed by atoms with van der Waals surface area (Å²) in [6, 6.07) is 11.9. The van der Waals surface area contributed by atoms with Crippen molar-refractivity contribution in [1.82, 2.24) is 10.6 Å². The van der Waals surface area contributed by atoms with Crippen LogP contribution in [0.15, 0.2) is 48.2 Å². The fraction of sp³-hybridized carbons (Fsp3) is 0.238. The van der Waals surface area contributed by atoms with Crippen molar-refractivity contribution in [2.75, 3.05) is 27.1 Å². The quantitative estimate of drug-likeness (QED) is 0.462. The topological polar surface area (TPSA) is 106 Å². The molecule has 152 valence electrons. The molecule has 0 saturated carbocycles. The molecule has 0 unspecified atom stereocenters. The van der Waals surface area contributed by atoms with Gasteiger partial charge in [-0.3, -0.25) is 9.59 Å². The van der Waals surface area contributed by atoms with E-state index in [1.165, 1.54) is 7.11 Å². The molecule has 1 aliphatic rings. The van der Waals surface area contributed by atoms with Gasteiger partial charge in [-0.1, -0.05) is 18.2 Å². The van der Waals surface area contributed by atoms with Gasteiger partial charge < -0.3 is 30.0 Å². The lowest BCUT2D eigenvalue weighted by molar-refractivity contribution is -0.117. The fourth-order valence-electron chi connectivity index (χ4n) is 2.73. The highest BCUT2D eigenvalue weighted by Crippen LogP contribution is 2.33. The highest BCUT2D eigenvalue weighted by Gasteiger charge is 2.18. The van der Waals surface area contributed by atoms with Crippen molar-refractivity contribution in [3.8, 4) is 17.2 Å². The Hall–Kier alpha value is -3.52. The number of amides is 2. The van der Waals surface area contributed by atoms with Crippen LogP contribution in [0.2, 0.25) is 0 Å². The lowest BCUT2D eigenvalue weighted by Gasteiger charge is -2.13. The van der Waals surface area contributed by atoms with E-state index >= 15 is 0 Å². The molecule has 29 heavy (non-hydrogen) atoms. The zero-order valence-corrected chi connectivity index (χ0v) is 15.9. The lowest BCUT2D eigenvalue weighted by atomic mass is 10.1. The minimum Gasteiger partial charge on any atom is -0.496 e. The number of aliphatic hydroxyl groups excluding tert-OH is 1. The summed E-state index contributed by atoms with van der Waals surface area (Å²) in [4.78, 5) is 25.4. The molecular weight excluding hydrogens is 376 g/mol. The van der Waals surface area contributed by atoms with Gasteiger partial charge in [0.25, 0.3) is 11.8 Å². The van der Waals surface area contributed by atoms with Gasteiger partial charge in [-0.2, -0.15) is 0 Å². The largest absolute Gasteiger partial charge is 0.496 e. The Bertz CT molecular complexity index is 925. The van der Waals surface area contributed by atoms with Gasteiger partial charge in [-0.15, -0.1) is 0 Å². The molecule has 3 rings (SSSR count). The first-order valence-corrected chi connectivity index (χ1v) is 9.07. The Labute approximate surface area is 168 Å². The summed E-state index contributed by atoms with van der Waals surface area (Å²) in [5, 5.41) is 14.2. The van der Waals surface area contributed by atoms with Crippen molar-refractivity contribution in [2.24, 2.45) is 0 Å². The maximum absolute atomic E-state index is 12.8. The molecule has 0 aromatic heterocycles. The van der Waals surface area contributed by atoms with Crippen LogP contribution in [0.1, 0.15) is 22.3 Å². The number of fused-ring (bicyclic) bond motifs is 1. The first kappa shape index (κ1) is 20.2. The van der Waals surface area contributed by atoms with Gasteiger partial charge in [0.05, 0.1) is 12.7 Å². The molecule has 0 saturated heterocycles. The van der Waals surface area contributed by atoms with Crippen LogP contribution in [0.5, 0.6) is 17.2 Å². The Kier molecular flexibility index (Phi) is 6.70. The first-order valence-electron chi connectivity index (χ1n) is 9.07. The summed E-state index contributed by atoms with van der Waals surface area (Å²) in [6.45, 7) is 0.370. The van der Waals surface area contributed by atoms with Gasteiger partial charge in [0.1, 0.15) is 11.4 Å². The molecule has 2 aromatic carbocycles. The minimum atomic E-state index is -0.480. The van der Waals surface area contributed by atoms with Crippen LogP contribution < -0.4 is 24.8 Å². The molecule has 2 amide bonds. The Balaban J connectivity index is 1.86. The summed E-state index contributed by atoms with van der Waals surface area (Å²) < 4.78 is 15.9. The number of methoxy groups -OCH3 is 1. The van der Waals surface area contributed by atoms with Crippen molar-refractivity contribution in [3.05, 3.63) is 59.3 Å². The van der Waals surface area contributed by atoms with Crippen LogP contribution in [0.4, 0.5) is 0 Å². The molecule has 1 heterocycles. The number of benzene rings is 2. The standard InChI is InChI=1S/C21H22N2O6/c1-27-17-6-3-2-5-15(17)20(25)23-16(21(26)22-9-4-10-24)11-14-7-8-18-19(12-14)29-13-28-18/h2-3,5-8,11-12,24H,4,9-10,13H2,1H3,(H,22,26)(H,23,25)/b16-11+. The number of ether oxygens (including phenoxy) is 3. The maximum Gasteiger partial charge on any atom is 0.267 e. The number of carbonyl (C=O) groups is 2. The van der Waals surface area contributed by atoms with Gasteiger partial charge in [0.15, 0.2) is 11.5 Å². The predicted molar refractivity (Wildman–Crippen MR) is 106 cm³/mol. The van der Waals surface area contributed by atoms with Gasteiger partial charge in [0.2, 0.25) is 6.79 Å². The van der Waals surface area contributed by atoms with Crippen LogP contribution in [-0.2, 0) is 4.79 Å². The summed E-state index contributed by atoms with van der Waals surface area (Å²) in [6.07, 6.45) is 1.95. The lowest BCUT2D eigenvalue weighted by Crippen LogP contribution is -2.35. The van der Waals surface area contributed by atoms with Crippen molar-refractivity contribution >= 4 is 17.9 Å². The number of hydrogen-bond donors (Lipinski definition) is 3. The van der Waals surface area contributed by atoms with Crippen LogP contribution in [0.25, 0.3) is 6.08 Å². The van der Waals surface area contributed by atoms with Crippen LogP contribution >= 0.6 is 0 Å². The fourth-order valence-corrected chi connectivity index (χ4v) is 2.73. The van der Waals surface area contributed by atoms with Crippen molar-refractivity contribution in [1.29, 1.82) is 0 Å². The summed E-state index contributed by atoms with van der Waals surface area (Å²) in [5.74, 6) is 0.628. The third-order valence-corrected chi connectivity index (χ3v) is 4.17. The molecule has 0 radical (unpaired) electrons. The molecule has 0 bridgehead atoms. The van der Waals surface area contributed by atoms with Crippen molar-refractivity contribution in [2.45, 2.75) is 6.42 Å². The highest BCUT2D eigenvalue weighted by atomic mass is 16.7. The molecule has 0 aliphatic carbocycles. The van der Waals surface area contributed by atoms with Crippen LogP contribution in [0.3, 0.4) is 0 Å². The Morgan fingerprint density at radius 3 is 2.76 bits per heavy atom. The maximum atomic E-state index is 12.8. The van der Waals surface area contributed by atoms with E-state index in [4.69, 9.17) is 19.3 Å². The monoisotopic (exact) mass is 398 g/mol. The average Bonchev–Trinajstić information content (AvgIpc) is 3.21. The molecule has 8 heteroatoms. The van der Waals surface area contributed by atoms with Crippen molar-refractivity contribution in [3.63, 3.8) is 0 Å². The molecule has 8 nitrogen and oxygen atoms in total. The molecule has 2 aromatic rings. The SMILES string of the molecule is COc1ccccc1C(=O)N/C(=C/c1ccc2c(c1)OCO2)C(=O)NCCCO. The number of nitrogens with one attached hydrogen (secondary N) is 2. The third-order valence-electron chi connectivity index (χ3n) is 4.17. The molecule has 1 aliphatic heterocycles. The van der Waals surface area contributed by atoms with E-state index in [9.17, 15) is 9.59 Å². The van der Waals surface area contributed by atoms with E-state index in [-0.39, 0.29) is 25.6 Å². The zero-order valence-electron chi connectivity index (χ0n) is 15.9. The average molecular weight is 398 g/mol. The van der Waals surface area contributed by atoms with Crippen molar-refractivity contribution < 1.29 is 28.9 Å². The molecule has 0 atom stereocenters. The summed E-state index contributed by atoms with van der Waals surface area (Å²) in [7, 11) is 1.47. The Morgan fingerprint density at radius 2 is 1.97 bits per heavy atom. The first-order chi connectivity index (χ1) is 14.1. The number of hydrogen-bond acceptors (Lipinski definition) is 6. The molecule has 0 spiro atoms. The predicted octanol–water partition coefficient (Wildman–Crippen LogP) is 1.69. The molecule has 3 N–H and O–H groups in total. The minimum absolute atomic E-state index is 0.0466. The molecular formula is C21H22N2O6. The van der Waals surface area contributed by atoms with Gasteiger partial charge in [-0.05, 0) is 42.3 Å². The normalized spacial score (nSPS) is 12.4. The number of carbonyl (C=O) groups excluding carboxylic acids is 2. The van der Waals surface area contributed by atoms with Gasteiger partial charge in [0, 0.05) is 13.2 Å². The highest BCUT2D eigenvalue weighted by molar-refractivity contribution is 6.06. The van der Waals surface area contributed by atoms with E-state index in [2.05, 4.69) is 10.6 Å². The van der Waals surface area contributed by atoms with Gasteiger partial charge in [-0.25, -0.2) is 0 Å². The second-order valence-corrected chi connectivity index (χ2v) is 6.16. The Morgan fingerprint density at radius 1 is 1.17 bits per heavy atom.